The highest BCUT2D eigenvalue weighted by molar-refractivity contribution is 6.31. The summed E-state index contributed by atoms with van der Waals surface area (Å²) in [4.78, 5) is 24.5. The van der Waals surface area contributed by atoms with Crippen molar-refractivity contribution in [1.82, 2.24) is 4.57 Å². The Balaban J connectivity index is 2.15. The molecule has 0 bridgehead atoms. The molecule has 4 rings (SSSR count). The molecule has 196 valence electrons. The lowest BCUT2D eigenvalue weighted by Gasteiger charge is -2.22. The van der Waals surface area contributed by atoms with Gasteiger partial charge in [-0.25, -0.2) is 13.2 Å². The molecule has 1 aromatic heterocycles. The Hall–Kier alpha value is -4.24. The standard InChI is InChI=1S/C28H22ClF3N2O4/c1-4-37-25-13-26(36)34(3)14-19(25)28-24(38-23-9-6-17(30)12-21(23)32)10-8-22(33-15(2)35)27(28)18-11-16(29)5-7-20(18)31/h5-14H,4H2,1-3H3,(H,33,35). The summed E-state index contributed by atoms with van der Waals surface area (Å²) >= 11 is 6.21. The van der Waals surface area contributed by atoms with Crippen molar-refractivity contribution in [3.8, 4) is 39.5 Å². The second kappa shape index (κ2) is 11.0. The number of anilines is 1. The van der Waals surface area contributed by atoms with E-state index in [2.05, 4.69) is 5.32 Å². The Morgan fingerprint density at radius 3 is 2.34 bits per heavy atom. The van der Waals surface area contributed by atoms with Gasteiger partial charge in [0.15, 0.2) is 11.6 Å². The van der Waals surface area contributed by atoms with Crippen molar-refractivity contribution in [1.29, 1.82) is 0 Å². The van der Waals surface area contributed by atoms with Crippen LogP contribution in [-0.4, -0.2) is 17.1 Å². The van der Waals surface area contributed by atoms with E-state index in [1.54, 1.807) is 6.92 Å². The molecule has 0 aliphatic heterocycles. The fraction of sp³-hybridized carbons (Fsp3) is 0.143. The molecule has 3 aromatic carbocycles. The van der Waals surface area contributed by atoms with Crippen LogP contribution in [0.3, 0.4) is 0 Å². The topological polar surface area (TPSA) is 69.6 Å². The molecule has 0 aliphatic rings. The molecule has 1 amide bonds. The first kappa shape index (κ1) is 26.8. The lowest BCUT2D eigenvalue weighted by molar-refractivity contribution is -0.114. The number of ether oxygens (including phenoxy) is 2. The lowest BCUT2D eigenvalue weighted by atomic mass is 9.91. The number of carbonyl (C=O) groups is 1. The van der Waals surface area contributed by atoms with E-state index < -0.39 is 23.4 Å². The van der Waals surface area contributed by atoms with E-state index in [-0.39, 0.29) is 62.4 Å². The van der Waals surface area contributed by atoms with Crippen molar-refractivity contribution in [2.45, 2.75) is 13.8 Å². The summed E-state index contributed by atoms with van der Waals surface area (Å²) in [6.45, 7) is 3.20. The summed E-state index contributed by atoms with van der Waals surface area (Å²) in [6.07, 6.45) is 1.46. The van der Waals surface area contributed by atoms with Crippen molar-refractivity contribution in [2.75, 3.05) is 11.9 Å². The number of amides is 1. The highest BCUT2D eigenvalue weighted by Crippen LogP contribution is 2.48. The van der Waals surface area contributed by atoms with Crippen LogP contribution in [0.2, 0.25) is 5.02 Å². The van der Waals surface area contributed by atoms with Crippen molar-refractivity contribution in [3.05, 3.63) is 93.6 Å². The largest absolute Gasteiger partial charge is 0.493 e. The van der Waals surface area contributed by atoms with Gasteiger partial charge in [-0.2, -0.15) is 0 Å². The van der Waals surface area contributed by atoms with Gasteiger partial charge in [-0.05, 0) is 49.4 Å². The van der Waals surface area contributed by atoms with Crippen LogP contribution in [0.1, 0.15) is 13.8 Å². The SMILES string of the molecule is CCOc1cc(=O)n(C)cc1-c1c(Oc2ccc(F)cc2F)ccc(NC(C)=O)c1-c1cc(Cl)ccc1F. The van der Waals surface area contributed by atoms with Gasteiger partial charge < -0.3 is 19.4 Å². The maximum Gasteiger partial charge on any atom is 0.254 e. The van der Waals surface area contributed by atoms with E-state index >= 15 is 4.39 Å². The predicted molar refractivity (Wildman–Crippen MR) is 139 cm³/mol. The molecular weight excluding hydrogens is 521 g/mol. The van der Waals surface area contributed by atoms with Gasteiger partial charge in [0.25, 0.3) is 5.56 Å². The van der Waals surface area contributed by atoms with Gasteiger partial charge >= 0.3 is 0 Å². The number of benzene rings is 3. The maximum absolute atomic E-state index is 15.3. The Bertz CT molecular complexity index is 1600. The molecule has 1 heterocycles. The molecule has 0 saturated heterocycles. The molecule has 0 saturated carbocycles. The van der Waals surface area contributed by atoms with Gasteiger partial charge in [-0.1, -0.05) is 11.6 Å². The summed E-state index contributed by atoms with van der Waals surface area (Å²) in [5.74, 6) is -3.03. The second-order valence-electron chi connectivity index (χ2n) is 8.28. The number of rotatable bonds is 7. The van der Waals surface area contributed by atoms with Gasteiger partial charge in [-0.3, -0.25) is 9.59 Å². The van der Waals surface area contributed by atoms with E-state index in [0.29, 0.717) is 6.07 Å². The average Bonchev–Trinajstić information content (AvgIpc) is 2.85. The molecule has 0 spiro atoms. The van der Waals surface area contributed by atoms with Crippen molar-refractivity contribution in [2.24, 2.45) is 7.05 Å². The van der Waals surface area contributed by atoms with Crippen LogP contribution in [0.4, 0.5) is 18.9 Å². The third kappa shape index (κ3) is 5.52. The quantitative estimate of drug-likeness (QED) is 0.275. The number of nitrogens with zero attached hydrogens (tertiary/aromatic N) is 1. The fourth-order valence-corrected chi connectivity index (χ4v) is 4.12. The molecule has 10 heteroatoms. The van der Waals surface area contributed by atoms with E-state index in [1.807, 2.05) is 0 Å². The number of nitrogens with one attached hydrogen (secondary N) is 1. The maximum atomic E-state index is 15.3. The summed E-state index contributed by atoms with van der Waals surface area (Å²) in [5.41, 5.74) is 0.403. The van der Waals surface area contributed by atoms with E-state index in [1.165, 1.54) is 55.1 Å². The zero-order valence-corrected chi connectivity index (χ0v) is 21.3. The Morgan fingerprint density at radius 1 is 0.921 bits per heavy atom. The highest BCUT2D eigenvalue weighted by Gasteiger charge is 2.25. The summed E-state index contributed by atoms with van der Waals surface area (Å²) < 4.78 is 56.4. The molecule has 1 N–H and O–H groups in total. The number of hydrogen-bond acceptors (Lipinski definition) is 4. The number of carbonyl (C=O) groups excluding carboxylic acids is 1. The minimum atomic E-state index is -0.970. The smallest absolute Gasteiger partial charge is 0.254 e. The molecule has 0 unspecified atom stereocenters. The third-order valence-electron chi connectivity index (χ3n) is 5.55. The van der Waals surface area contributed by atoms with Crippen LogP contribution in [0, 0.1) is 17.5 Å². The fourth-order valence-electron chi connectivity index (χ4n) is 3.95. The van der Waals surface area contributed by atoms with Crippen LogP contribution in [0.15, 0.2) is 65.6 Å². The first-order valence-corrected chi connectivity index (χ1v) is 11.8. The van der Waals surface area contributed by atoms with Gasteiger partial charge in [0.2, 0.25) is 5.91 Å². The van der Waals surface area contributed by atoms with Crippen LogP contribution in [0.25, 0.3) is 22.3 Å². The summed E-state index contributed by atoms with van der Waals surface area (Å²) in [5, 5.41) is 2.89. The molecule has 0 atom stereocenters. The van der Waals surface area contributed by atoms with Crippen molar-refractivity contribution < 1.29 is 27.4 Å². The van der Waals surface area contributed by atoms with Gasteiger partial charge in [-0.15, -0.1) is 0 Å². The molecule has 4 aromatic rings. The first-order valence-electron chi connectivity index (χ1n) is 11.5. The zero-order chi connectivity index (χ0) is 27.6. The first-order chi connectivity index (χ1) is 18.1. The van der Waals surface area contributed by atoms with Crippen LogP contribution in [-0.2, 0) is 11.8 Å². The van der Waals surface area contributed by atoms with Gasteiger partial charge in [0, 0.05) is 65.3 Å². The molecular formula is C28H22ClF3N2O4. The minimum Gasteiger partial charge on any atom is -0.493 e. The van der Waals surface area contributed by atoms with Crippen LogP contribution >= 0.6 is 11.6 Å². The number of pyridine rings is 1. The Labute approximate surface area is 221 Å². The average molecular weight is 543 g/mol. The molecule has 6 nitrogen and oxygen atoms in total. The second-order valence-corrected chi connectivity index (χ2v) is 8.71. The normalized spacial score (nSPS) is 10.8. The van der Waals surface area contributed by atoms with Crippen molar-refractivity contribution >= 4 is 23.2 Å². The number of aryl methyl sites for hydroxylation is 1. The van der Waals surface area contributed by atoms with Crippen LogP contribution in [0.5, 0.6) is 17.2 Å². The molecule has 0 aliphatic carbocycles. The molecule has 0 fully saturated rings. The third-order valence-corrected chi connectivity index (χ3v) is 5.78. The van der Waals surface area contributed by atoms with E-state index in [9.17, 15) is 18.4 Å². The Kier molecular flexibility index (Phi) is 7.78. The Morgan fingerprint density at radius 2 is 1.66 bits per heavy atom. The van der Waals surface area contributed by atoms with E-state index in [4.69, 9.17) is 21.1 Å². The van der Waals surface area contributed by atoms with Gasteiger partial charge in [0.1, 0.15) is 23.1 Å². The molecule has 0 radical (unpaired) electrons. The van der Waals surface area contributed by atoms with Crippen molar-refractivity contribution in [3.63, 3.8) is 0 Å². The minimum absolute atomic E-state index is 0.00224. The van der Waals surface area contributed by atoms with Gasteiger partial charge in [0.05, 0.1) is 6.61 Å². The monoisotopic (exact) mass is 542 g/mol. The number of aromatic nitrogens is 1. The van der Waals surface area contributed by atoms with Crippen LogP contribution < -0.4 is 20.3 Å². The molecule has 38 heavy (non-hydrogen) atoms. The number of hydrogen-bond donors (Lipinski definition) is 1. The number of halogens is 4. The summed E-state index contributed by atoms with van der Waals surface area (Å²) in [6, 6.07) is 10.8. The zero-order valence-electron chi connectivity index (χ0n) is 20.6. The lowest BCUT2D eigenvalue weighted by Crippen LogP contribution is -2.16. The van der Waals surface area contributed by atoms with E-state index in [0.717, 1.165) is 18.2 Å². The highest BCUT2D eigenvalue weighted by atomic mass is 35.5. The summed E-state index contributed by atoms with van der Waals surface area (Å²) in [7, 11) is 1.51. The predicted octanol–water partition coefficient (Wildman–Crippen LogP) is 6.94.